The number of methoxy groups -OCH3 is 1. The number of carbonyl (C=O) groups is 2. The van der Waals surface area contributed by atoms with E-state index in [1.54, 1.807) is 13.3 Å². The summed E-state index contributed by atoms with van der Waals surface area (Å²) in [6.07, 6.45) is 6.90. The van der Waals surface area contributed by atoms with Gasteiger partial charge >= 0.3 is 5.97 Å². The number of aromatic nitrogens is 2. The standard InChI is InChI=1S/C28H39N5O6/c1-3-4-11-32(12-5-9-29)25(34)16-33-15-21(19-13-23(37-2)27-24(14-19)38-18-39-27)26(28(35)36)22(33)7-6-20-8-10-30-17-31-20/h8,10,13-14,17,21-22,26H,3-7,9,11-12,15-16,18,29H2,1-2H3,(H,35,36)/t21-,22+,26-/m1/s1. The summed E-state index contributed by atoms with van der Waals surface area (Å²) in [5.41, 5.74) is 7.35. The highest BCUT2D eigenvalue weighted by Gasteiger charge is 2.47. The van der Waals surface area contributed by atoms with Gasteiger partial charge < -0.3 is 30.0 Å². The van der Waals surface area contributed by atoms with Gasteiger partial charge in [-0.3, -0.25) is 14.5 Å². The van der Waals surface area contributed by atoms with Crippen molar-refractivity contribution >= 4 is 11.9 Å². The first-order chi connectivity index (χ1) is 19.0. The van der Waals surface area contributed by atoms with Crippen molar-refractivity contribution in [2.24, 2.45) is 11.7 Å². The lowest BCUT2D eigenvalue weighted by atomic mass is 9.83. The molecule has 0 aliphatic carbocycles. The predicted molar refractivity (Wildman–Crippen MR) is 144 cm³/mol. The summed E-state index contributed by atoms with van der Waals surface area (Å²) in [6.45, 7) is 4.51. The third-order valence-electron chi connectivity index (χ3n) is 7.59. The van der Waals surface area contributed by atoms with Crippen molar-refractivity contribution in [3.63, 3.8) is 0 Å². The Labute approximate surface area is 229 Å². The Morgan fingerprint density at radius 3 is 2.77 bits per heavy atom. The van der Waals surface area contributed by atoms with Crippen LogP contribution in [-0.4, -0.2) is 89.4 Å². The van der Waals surface area contributed by atoms with E-state index in [1.165, 1.54) is 6.33 Å². The number of hydrogen-bond donors (Lipinski definition) is 2. The van der Waals surface area contributed by atoms with Crippen molar-refractivity contribution in [2.75, 3.05) is 46.6 Å². The molecule has 3 heterocycles. The van der Waals surface area contributed by atoms with E-state index < -0.39 is 11.9 Å². The largest absolute Gasteiger partial charge is 0.493 e. The summed E-state index contributed by atoms with van der Waals surface area (Å²) >= 11 is 0. The number of carboxylic acids is 1. The molecule has 1 aromatic carbocycles. The van der Waals surface area contributed by atoms with Crippen LogP contribution < -0.4 is 19.9 Å². The lowest BCUT2D eigenvalue weighted by Crippen LogP contribution is -2.45. The van der Waals surface area contributed by atoms with Gasteiger partial charge in [-0.2, -0.15) is 0 Å². The van der Waals surface area contributed by atoms with E-state index >= 15 is 0 Å². The van der Waals surface area contributed by atoms with Crippen molar-refractivity contribution < 1.29 is 28.9 Å². The van der Waals surface area contributed by atoms with Crippen molar-refractivity contribution in [1.82, 2.24) is 19.8 Å². The molecule has 4 rings (SSSR count). The van der Waals surface area contributed by atoms with Crippen LogP contribution in [0.25, 0.3) is 0 Å². The maximum atomic E-state index is 13.5. The number of rotatable bonds is 14. The number of benzene rings is 1. The number of ether oxygens (including phenoxy) is 3. The molecule has 3 N–H and O–H groups in total. The fourth-order valence-electron chi connectivity index (χ4n) is 5.58. The van der Waals surface area contributed by atoms with E-state index in [0.717, 1.165) is 30.5 Å². The van der Waals surface area contributed by atoms with E-state index in [-0.39, 0.29) is 31.2 Å². The van der Waals surface area contributed by atoms with E-state index in [0.29, 0.717) is 56.3 Å². The average molecular weight is 542 g/mol. The Hall–Kier alpha value is -3.44. The molecule has 11 heteroatoms. The highest BCUT2D eigenvalue weighted by atomic mass is 16.7. The Morgan fingerprint density at radius 2 is 2.08 bits per heavy atom. The summed E-state index contributed by atoms with van der Waals surface area (Å²) in [5, 5.41) is 10.5. The molecule has 0 unspecified atom stereocenters. The number of hydrogen-bond acceptors (Lipinski definition) is 9. The van der Waals surface area contributed by atoms with E-state index in [9.17, 15) is 14.7 Å². The number of aliphatic carboxylic acids is 1. The number of carboxylic acid groups (broad SMARTS) is 1. The minimum atomic E-state index is -0.898. The molecule has 1 amide bonds. The number of nitrogens with two attached hydrogens (primary N) is 1. The Kier molecular flexibility index (Phi) is 9.94. The van der Waals surface area contributed by atoms with Gasteiger partial charge in [0.2, 0.25) is 18.4 Å². The van der Waals surface area contributed by atoms with Gasteiger partial charge in [0.25, 0.3) is 0 Å². The van der Waals surface area contributed by atoms with Crippen LogP contribution >= 0.6 is 0 Å². The second-order valence-electron chi connectivity index (χ2n) is 10.0. The molecule has 39 heavy (non-hydrogen) atoms. The smallest absolute Gasteiger partial charge is 0.308 e. The summed E-state index contributed by atoms with van der Waals surface area (Å²) in [4.78, 5) is 38.5. The second-order valence-corrected chi connectivity index (χ2v) is 10.0. The van der Waals surface area contributed by atoms with Crippen molar-refractivity contribution in [3.8, 4) is 17.2 Å². The van der Waals surface area contributed by atoms with Gasteiger partial charge in [-0.05, 0) is 56.0 Å². The molecule has 1 saturated heterocycles. The van der Waals surface area contributed by atoms with Crippen LogP contribution in [0, 0.1) is 5.92 Å². The first-order valence-electron chi connectivity index (χ1n) is 13.6. The number of fused-ring (bicyclic) bond motifs is 1. The first-order valence-corrected chi connectivity index (χ1v) is 13.6. The molecule has 2 aliphatic heterocycles. The Bertz CT molecular complexity index is 1110. The number of nitrogens with zero attached hydrogens (tertiary/aromatic N) is 4. The van der Waals surface area contributed by atoms with Gasteiger partial charge in [-0.15, -0.1) is 0 Å². The van der Waals surface area contributed by atoms with Crippen LogP contribution in [-0.2, 0) is 16.0 Å². The number of carbonyl (C=O) groups excluding carboxylic acids is 1. The van der Waals surface area contributed by atoms with Crippen molar-refractivity contribution in [3.05, 3.63) is 42.0 Å². The molecular formula is C28H39N5O6. The normalized spacial score (nSPS) is 20.2. The molecule has 0 saturated carbocycles. The SMILES string of the molecule is CCCCN(CCCN)C(=O)CN1C[C@H](c2cc(OC)c3c(c2)OCO3)[C@@H](C(=O)O)[C@@H]1CCc1ccncn1. The Balaban J connectivity index is 1.63. The Morgan fingerprint density at radius 1 is 1.26 bits per heavy atom. The van der Waals surface area contributed by atoms with Gasteiger partial charge in [0.05, 0.1) is 19.6 Å². The molecule has 1 fully saturated rings. The molecule has 2 aromatic rings. The molecular weight excluding hydrogens is 502 g/mol. The van der Waals surface area contributed by atoms with Crippen LogP contribution in [0.5, 0.6) is 17.2 Å². The first kappa shape index (κ1) is 28.6. The van der Waals surface area contributed by atoms with Gasteiger partial charge in [-0.25, -0.2) is 9.97 Å². The maximum Gasteiger partial charge on any atom is 0.308 e. The topological polar surface area (TPSA) is 140 Å². The van der Waals surface area contributed by atoms with Gasteiger partial charge in [0.15, 0.2) is 11.5 Å². The summed E-state index contributed by atoms with van der Waals surface area (Å²) < 4.78 is 16.7. The fourth-order valence-corrected chi connectivity index (χ4v) is 5.58. The van der Waals surface area contributed by atoms with Crippen LogP contribution in [0.3, 0.4) is 0 Å². The second kappa shape index (κ2) is 13.6. The van der Waals surface area contributed by atoms with E-state index in [2.05, 4.69) is 16.9 Å². The molecule has 0 bridgehead atoms. The van der Waals surface area contributed by atoms with E-state index in [1.807, 2.05) is 28.0 Å². The lowest BCUT2D eigenvalue weighted by molar-refractivity contribution is -0.143. The zero-order valence-electron chi connectivity index (χ0n) is 22.8. The number of amides is 1. The van der Waals surface area contributed by atoms with Gasteiger partial charge in [0, 0.05) is 43.5 Å². The molecule has 2 aliphatic rings. The summed E-state index contributed by atoms with van der Waals surface area (Å²) in [6, 6.07) is 5.13. The average Bonchev–Trinajstić information content (AvgIpc) is 3.56. The molecule has 212 valence electrons. The lowest BCUT2D eigenvalue weighted by Gasteiger charge is -2.29. The van der Waals surface area contributed by atoms with Crippen LogP contribution in [0.2, 0.25) is 0 Å². The van der Waals surface area contributed by atoms with Crippen molar-refractivity contribution in [2.45, 2.75) is 51.0 Å². The molecule has 3 atom stereocenters. The third-order valence-corrected chi connectivity index (χ3v) is 7.59. The minimum absolute atomic E-state index is 0.00279. The zero-order valence-corrected chi connectivity index (χ0v) is 22.8. The van der Waals surface area contributed by atoms with E-state index in [4.69, 9.17) is 19.9 Å². The molecule has 0 radical (unpaired) electrons. The molecule has 1 aromatic heterocycles. The molecule has 0 spiro atoms. The van der Waals surface area contributed by atoms with Crippen molar-refractivity contribution in [1.29, 1.82) is 0 Å². The van der Waals surface area contributed by atoms with Gasteiger partial charge in [-0.1, -0.05) is 13.3 Å². The quantitative estimate of drug-likeness (QED) is 0.366. The minimum Gasteiger partial charge on any atom is -0.493 e. The van der Waals surface area contributed by atoms with Crippen LogP contribution in [0.1, 0.15) is 49.8 Å². The summed E-state index contributed by atoms with van der Waals surface area (Å²) in [7, 11) is 1.55. The maximum absolute atomic E-state index is 13.5. The predicted octanol–water partition coefficient (Wildman–Crippen LogP) is 2.29. The zero-order chi connectivity index (χ0) is 27.8. The fraction of sp³-hybridized carbons (Fsp3) is 0.571. The number of likely N-dealkylation sites (tertiary alicyclic amines) is 1. The number of aryl methyl sites for hydroxylation is 1. The highest BCUT2D eigenvalue weighted by molar-refractivity contribution is 5.79. The van der Waals surface area contributed by atoms with Crippen LogP contribution in [0.4, 0.5) is 0 Å². The third kappa shape index (κ3) is 6.77. The molecule has 11 nitrogen and oxygen atoms in total. The highest BCUT2D eigenvalue weighted by Crippen LogP contribution is 2.47. The van der Waals surface area contributed by atoms with Gasteiger partial charge in [0.1, 0.15) is 6.33 Å². The van der Waals surface area contributed by atoms with Crippen LogP contribution in [0.15, 0.2) is 30.7 Å². The number of unbranched alkanes of at least 4 members (excludes halogenated alkanes) is 1. The monoisotopic (exact) mass is 541 g/mol. The summed E-state index contributed by atoms with van der Waals surface area (Å²) in [5.74, 6) is -0.455.